The van der Waals surface area contributed by atoms with Gasteiger partial charge >= 0.3 is 5.97 Å². The van der Waals surface area contributed by atoms with Crippen molar-refractivity contribution < 1.29 is 9.53 Å². The Labute approximate surface area is 122 Å². The number of rotatable bonds is 5. The number of nitrogens with zero attached hydrogens (tertiary/aromatic N) is 1. The van der Waals surface area contributed by atoms with Crippen LogP contribution in [0.4, 0.5) is 0 Å². The molecule has 19 heavy (non-hydrogen) atoms. The van der Waals surface area contributed by atoms with Gasteiger partial charge < -0.3 is 9.64 Å². The number of carbonyl (C=O) groups excluding carboxylic acids is 1. The zero-order valence-electron chi connectivity index (χ0n) is 12.3. The first-order chi connectivity index (χ1) is 8.97. The van der Waals surface area contributed by atoms with Gasteiger partial charge in [-0.15, -0.1) is 0 Å². The average Bonchev–Trinajstić information content (AvgIpc) is 2.37. The molecular weight excluding hydrogens is 258 g/mol. The molecule has 0 N–H and O–H groups in total. The summed E-state index contributed by atoms with van der Waals surface area (Å²) in [6.45, 7) is 11.5. The molecule has 0 aromatic rings. The largest absolute Gasteiger partial charge is 0.464 e. The lowest BCUT2D eigenvalue weighted by molar-refractivity contribution is -0.148. The van der Waals surface area contributed by atoms with Crippen molar-refractivity contribution in [3.63, 3.8) is 0 Å². The third-order valence-electron chi connectivity index (χ3n) is 3.28. The topological polar surface area (TPSA) is 29.5 Å². The van der Waals surface area contributed by atoms with Crippen LogP contribution >= 0.6 is 12.2 Å². The molecule has 0 amide bonds. The van der Waals surface area contributed by atoms with E-state index in [1.165, 1.54) is 0 Å². The van der Waals surface area contributed by atoms with E-state index in [0.29, 0.717) is 12.5 Å². The summed E-state index contributed by atoms with van der Waals surface area (Å²) < 4.78 is 5.15. The third kappa shape index (κ3) is 4.60. The zero-order chi connectivity index (χ0) is 14.4. The second-order valence-electron chi connectivity index (χ2n) is 5.46. The highest BCUT2D eigenvalue weighted by atomic mass is 32.1. The molecule has 1 unspecified atom stereocenters. The van der Waals surface area contributed by atoms with Gasteiger partial charge in [-0.25, -0.2) is 4.79 Å². The van der Waals surface area contributed by atoms with Gasteiger partial charge in [0.05, 0.1) is 6.61 Å². The van der Waals surface area contributed by atoms with Crippen LogP contribution in [-0.2, 0) is 9.53 Å². The maximum atomic E-state index is 12.0. The van der Waals surface area contributed by atoms with E-state index in [1.807, 2.05) is 11.8 Å². The molecule has 1 saturated heterocycles. The van der Waals surface area contributed by atoms with E-state index in [0.717, 1.165) is 42.8 Å². The predicted octanol–water partition coefficient (Wildman–Crippen LogP) is 3.33. The molecule has 0 saturated carbocycles. The number of ether oxygens (including phenoxy) is 1. The quantitative estimate of drug-likeness (QED) is 0.440. The summed E-state index contributed by atoms with van der Waals surface area (Å²) in [5.41, 5.74) is 0.959. The first-order valence-electron chi connectivity index (χ1n) is 7.12. The van der Waals surface area contributed by atoms with Crippen LogP contribution in [0, 0.1) is 5.92 Å². The van der Waals surface area contributed by atoms with Crippen molar-refractivity contribution in [1.29, 1.82) is 0 Å². The molecule has 108 valence electrons. The second-order valence-corrected chi connectivity index (χ2v) is 5.85. The average molecular weight is 283 g/mol. The normalized spacial score (nSPS) is 19.4. The second kappa shape index (κ2) is 7.63. The maximum Gasteiger partial charge on any atom is 0.328 e. The number of likely N-dealkylation sites (tertiary alicyclic amines) is 1. The number of piperidine rings is 1. The van der Waals surface area contributed by atoms with E-state index in [1.54, 1.807) is 0 Å². The van der Waals surface area contributed by atoms with Gasteiger partial charge in [0.1, 0.15) is 11.0 Å². The number of esters is 1. The third-order valence-corrected chi connectivity index (χ3v) is 3.80. The number of hydrogen-bond acceptors (Lipinski definition) is 3. The fourth-order valence-corrected chi connectivity index (χ4v) is 2.74. The van der Waals surface area contributed by atoms with Crippen molar-refractivity contribution in [3.05, 3.63) is 12.2 Å². The highest BCUT2D eigenvalue weighted by Crippen LogP contribution is 2.23. The minimum atomic E-state index is -0.217. The van der Waals surface area contributed by atoms with Gasteiger partial charge in [0, 0.05) is 6.54 Å². The van der Waals surface area contributed by atoms with Crippen molar-refractivity contribution in [2.45, 2.75) is 52.5 Å². The molecule has 0 bridgehead atoms. The number of carbonyl (C=O) groups is 1. The molecule has 0 aromatic heterocycles. The predicted molar refractivity (Wildman–Crippen MR) is 82.2 cm³/mol. The van der Waals surface area contributed by atoms with Crippen molar-refractivity contribution in [3.8, 4) is 0 Å². The van der Waals surface area contributed by atoms with E-state index in [2.05, 4.69) is 20.4 Å². The smallest absolute Gasteiger partial charge is 0.328 e. The highest BCUT2D eigenvalue weighted by Gasteiger charge is 2.31. The molecule has 0 radical (unpaired) electrons. The SMILES string of the molecule is C=C(CC(C)C)C(=S)N1CCCCC1C(=O)OCC. The highest BCUT2D eigenvalue weighted by molar-refractivity contribution is 7.80. The number of thiocarbonyl (C=S) groups is 1. The summed E-state index contributed by atoms with van der Waals surface area (Å²) in [6.07, 6.45) is 3.84. The molecule has 0 aromatic carbocycles. The first-order valence-corrected chi connectivity index (χ1v) is 7.53. The van der Waals surface area contributed by atoms with Gasteiger partial charge in [0.25, 0.3) is 0 Å². The van der Waals surface area contributed by atoms with Gasteiger partial charge in [-0.05, 0) is 44.1 Å². The summed E-state index contributed by atoms with van der Waals surface area (Å²) in [5, 5.41) is 0. The van der Waals surface area contributed by atoms with Gasteiger partial charge in [-0.3, -0.25) is 0 Å². The Morgan fingerprint density at radius 1 is 1.47 bits per heavy atom. The minimum absolute atomic E-state index is 0.151. The van der Waals surface area contributed by atoms with Crippen LogP contribution in [0.3, 0.4) is 0 Å². The molecule has 1 atom stereocenters. The van der Waals surface area contributed by atoms with Gasteiger partial charge in [-0.1, -0.05) is 32.6 Å². The zero-order valence-corrected chi connectivity index (χ0v) is 13.1. The van der Waals surface area contributed by atoms with E-state index >= 15 is 0 Å². The first kappa shape index (κ1) is 16.2. The summed E-state index contributed by atoms with van der Waals surface area (Å²) in [7, 11) is 0. The summed E-state index contributed by atoms with van der Waals surface area (Å²) in [5.74, 6) is 0.373. The molecule has 4 heteroatoms. The van der Waals surface area contributed by atoms with Crippen molar-refractivity contribution >= 4 is 23.2 Å². The minimum Gasteiger partial charge on any atom is -0.464 e. The Hall–Kier alpha value is -0.900. The summed E-state index contributed by atoms with van der Waals surface area (Å²) in [6, 6.07) is -0.217. The molecular formula is C15H25NO2S. The summed E-state index contributed by atoms with van der Waals surface area (Å²) >= 11 is 5.51. The van der Waals surface area contributed by atoms with Gasteiger partial charge in [-0.2, -0.15) is 0 Å². The van der Waals surface area contributed by atoms with Crippen LogP contribution in [-0.4, -0.2) is 35.1 Å². The fraction of sp³-hybridized carbons (Fsp3) is 0.733. The van der Waals surface area contributed by atoms with Gasteiger partial charge in [0.15, 0.2) is 0 Å². The molecule has 0 spiro atoms. The van der Waals surface area contributed by atoms with Crippen molar-refractivity contribution in [2.75, 3.05) is 13.2 Å². The van der Waals surface area contributed by atoms with E-state index in [9.17, 15) is 4.79 Å². The molecule has 1 aliphatic heterocycles. The molecule has 1 aliphatic rings. The molecule has 3 nitrogen and oxygen atoms in total. The molecule has 0 aliphatic carbocycles. The van der Waals surface area contributed by atoms with E-state index in [-0.39, 0.29) is 12.0 Å². The summed E-state index contributed by atoms with van der Waals surface area (Å²) in [4.78, 5) is 14.8. The van der Waals surface area contributed by atoms with Crippen molar-refractivity contribution in [2.24, 2.45) is 5.92 Å². The molecule has 1 heterocycles. The van der Waals surface area contributed by atoms with Crippen LogP contribution in [0.5, 0.6) is 0 Å². The Morgan fingerprint density at radius 2 is 2.16 bits per heavy atom. The fourth-order valence-electron chi connectivity index (χ4n) is 2.44. The standard InChI is InChI=1S/C15H25NO2S/c1-5-18-15(17)13-8-6-7-9-16(13)14(19)12(4)10-11(2)3/h11,13H,4-10H2,1-3H3. The Kier molecular flexibility index (Phi) is 6.49. The molecule has 1 fully saturated rings. The van der Waals surface area contributed by atoms with Crippen LogP contribution in [0.2, 0.25) is 0 Å². The van der Waals surface area contributed by atoms with Crippen LogP contribution < -0.4 is 0 Å². The molecule has 1 rings (SSSR count). The van der Waals surface area contributed by atoms with Crippen LogP contribution in [0.15, 0.2) is 12.2 Å². The Bertz CT molecular complexity index is 352. The van der Waals surface area contributed by atoms with E-state index < -0.39 is 0 Å². The lowest BCUT2D eigenvalue weighted by Gasteiger charge is -2.36. The van der Waals surface area contributed by atoms with Crippen LogP contribution in [0.25, 0.3) is 0 Å². The Morgan fingerprint density at radius 3 is 2.74 bits per heavy atom. The van der Waals surface area contributed by atoms with Crippen molar-refractivity contribution in [1.82, 2.24) is 4.90 Å². The lowest BCUT2D eigenvalue weighted by Crippen LogP contribution is -2.48. The van der Waals surface area contributed by atoms with Crippen LogP contribution in [0.1, 0.15) is 46.5 Å². The van der Waals surface area contributed by atoms with E-state index in [4.69, 9.17) is 17.0 Å². The number of hydrogen-bond donors (Lipinski definition) is 0. The lowest BCUT2D eigenvalue weighted by atomic mass is 9.99. The Balaban J connectivity index is 2.73. The van der Waals surface area contributed by atoms with Gasteiger partial charge in [0.2, 0.25) is 0 Å². The maximum absolute atomic E-state index is 12.0. The monoisotopic (exact) mass is 283 g/mol.